The van der Waals surface area contributed by atoms with Crippen LogP contribution in [0.1, 0.15) is 25.0 Å². The van der Waals surface area contributed by atoms with Crippen molar-refractivity contribution in [2.75, 3.05) is 25.5 Å². The second kappa shape index (κ2) is 6.31. The Morgan fingerprint density at radius 3 is 2.73 bits per heavy atom. The number of methoxy groups -OCH3 is 1. The molecule has 1 saturated heterocycles. The van der Waals surface area contributed by atoms with Gasteiger partial charge in [0.05, 0.1) is 25.5 Å². The van der Waals surface area contributed by atoms with Gasteiger partial charge in [0.1, 0.15) is 29.0 Å². The number of rotatable bonds is 5. The summed E-state index contributed by atoms with van der Waals surface area (Å²) in [6.07, 6.45) is 4.91. The molecule has 4 aliphatic rings. The molecule has 0 aromatic carbocycles. The first kappa shape index (κ1) is 17.9. The maximum atomic E-state index is 14.7. The molecule has 8 nitrogen and oxygen atoms in total. The molecule has 2 unspecified atom stereocenters. The van der Waals surface area contributed by atoms with Gasteiger partial charge in [-0.3, -0.25) is 0 Å². The summed E-state index contributed by atoms with van der Waals surface area (Å²) >= 11 is 0. The summed E-state index contributed by atoms with van der Waals surface area (Å²) in [6, 6.07) is 1.38. The first-order valence-corrected chi connectivity index (χ1v) is 10.1. The van der Waals surface area contributed by atoms with Crippen LogP contribution in [0, 0.1) is 11.7 Å². The van der Waals surface area contributed by atoms with Crippen molar-refractivity contribution in [2.45, 2.75) is 36.9 Å². The minimum Gasteiger partial charge on any atom is -0.495 e. The third-order valence-electron chi connectivity index (χ3n) is 6.66. The Morgan fingerprint density at radius 2 is 2.07 bits per heavy atom. The number of aromatic nitrogens is 5. The summed E-state index contributed by atoms with van der Waals surface area (Å²) in [5.41, 5.74) is 2.00. The topological polar surface area (TPSA) is 89.3 Å². The number of fused-ring (bicyclic) bond motifs is 1. The van der Waals surface area contributed by atoms with E-state index in [1.807, 2.05) is 6.07 Å². The predicted octanol–water partition coefficient (Wildman–Crippen LogP) is 2.11. The van der Waals surface area contributed by atoms with Crippen molar-refractivity contribution in [3.63, 3.8) is 0 Å². The molecule has 0 radical (unpaired) electrons. The molecule has 1 aliphatic heterocycles. The van der Waals surface area contributed by atoms with Gasteiger partial charge >= 0.3 is 0 Å². The van der Waals surface area contributed by atoms with Gasteiger partial charge in [-0.25, -0.2) is 28.2 Å². The summed E-state index contributed by atoms with van der Waals surface area (Å²) in [6.45, 7) is 0.733. The lowest BCUT2D eigenvalue weighted by atomic mass is 9.43. The summed E-state index contributed by atoms with van der Waals surface area (Å²) in [4.78, 5) is 12.7. The number of alkyl halides is 1. The molecule has 2 atom stereocenters. The SMILES string of the molecule is COc1cc2ncc(-c3nc(NC4CNCC4F)ncc3F)n2nc1C12CC(C1)C2. The number of halogens is 2. The molecule has 3 aliphatic carbocycles. The van der Waals surface area contributed by atoms with Crippen LogP contribution >= 0.6 is 0 Å². The quantitative estimate of drug-likeness (QED) is 0.662. The second-order valence-corrected chi connectivity index (χ2v) is 8.55. The Hall–Kier alpha value is -2.88. The number of nitrogens with zero attached hydrogens (tertiary/aromatic N) is 5. The molecule has 30 heavy (non-hydrogen) atoms. The fourth-order valence-electron chi connectivity index (χ4n) is 4.92. The Morgan fingerprint density at radius 1 is 1.23 bits per heavy atom. The maximum absolute atomic E-state index is 14.7. The van der Waals surface area contributed by atoms with Crippen molar-refractivity contribution in [3.8, 4) is 17.1 Å². The highest BCUT2D eigenvalue weighted by Gasteiger charge is 2.59. The van der Waals surface area contributed by atoms with Crippen LogP contribution in [0.5, 0.6) is 5.75 Å². The van der Waals surface area contributed by atoms with Gasteiger partial charge < -0.3 is 15.4 Å². The highest BCUT2D eigenvalue weighted by molar-refractivity contribution is 5.62. The van der Waals surface area contributed by atoms with Gasteiger partial charge in [-0.15, -0.1) is 0 Å². The Balaban J connectivity index is 1.42. The normalized spacial score (nSPS) is 29.5. The van der Waals surface area contributed by atoms with Crippen LogP contribution < -0.4 is 15.4 Å². The summed E-state index contributed by atoms with van der Waals surface area (Å²) < 4.78 is 35.8. The van der Waals surface area contributed by atoms with Crippen LogP contribution in [-0.2, 0) is 5.41 Å². The third-order valence-corrected chi connectivity index (χ3v) is 6.66. The van der Waals surface area contributed by atoms with Crippen molar-refractivity contribution < 1.29 is 13.5 Å². The van der Waals surface area contributed by atoms with Crippen LogP contribution in [0.25, 0.3) is 17.0 Å². The molecule has 3 aromatic rings. The first-order chi connectivity index (χ1) is 14.6. The van der Waals surface area contributed by atoms with Crippen LogP contribution in [0.15, 0.2) is 18.5 Å². The highest BCUT2D eigenvalue weighted by Crippen LogP contribution is 2.66. The molecule has 3 aromatic heterocycles. The Bertz CT molecular complexity index is 1130. The Kier molecular flexibility index (Phi) is 3.77. The van der Waals surface area contributed by atoms with Crippen LogP contribution in [0.2, 0.25) is 0 Å². The Labute approximate surface area is 171 Å². The van der Waals surface area contributed by atoms with Gasteiger partial charge in [-0.1, -0.05) is 0 Å². The molecule has 2 bridgehead atoms. The number of hydrogen-bond donors (Lipinski definition) is 2. The van der Waals surface area contributed by atoms with Crippen LogP contribution in [-0.4, -0.2) is 57.0 Å². The summed E-state index contributed by atoms with van der Waals surface area (Å²) in [5.74, 6) is 1.08. The standard InChI is InChI=1S/C20H21F2N7O/c1-30-15-2-16-24-9-14(29(16)28-18(15)20-3-10(4-20)5-20)17-12(22)7-25-19(27-17)26-13-8-23-6-11(13)21/h2,7,9-11,13,23H,3-6,8H2,1H3,(H,25,26,27). The molecule has 156 valence electrons. The van der Waals surface area contributed by atoms with E-state index in [0.717, 1.165) is 37.1 Å². The van der Waals surface area contributed by atoms with E-state index in [-0.39, 0.29) is 23.6 Å². The zero-order valence-corrected chi connectivity index (χ0v) is 16.4. The van der Waals surface area contributed by atoms with E-state index in [2.05, 4.69) is 25.6 Å². The number of imidazole rings is 1. The fourth-order valence-corrected chi connectivity index (χ4v) is 4.92. The lowest BCUT2D eigenvalue weighted by molar-refractivity contribution is -0.0333. The molecule has 0 spiro atoms. The van der Waals surface area contributed by atoms with Crippen LogP contribution in [0.3, 0.4) is 0 Å². The molecule has 4 heterocycles. The first-order valence-electron chi connectivity index (χ1n) is 10.1. The fraction of sp³-hybridized carbons (Fsp3) is 0.500. The third kappa shape index (κ3) is 2.52. The van der Waals surface area contributed by atoms with Gasteiger partial charge in [-0.2, -0.15) is 5.10 Å². The van der Waals surface area contributed by atoms with Gasteiger partial charge in [-0.05, 0) is 25.2 Å². The number of ether oxygens (including phenoxy) is 1. The average Bonchev–Trinajstić information content (AvgIpc) is 3.26. The number of anilines is 1. The predicted molar refractivity (Wildman–Crippen MR) is 105 cm³/mol. The van der Waals surface area contributed by atoms with Gasteiger partial charge in [0, 0.05) is 24.6 Å². The van der Waals surface area contributed by atoms with E-state index in [4.69, 9.17) is 9.84 Å². The monoisotopic (exact) mass is 413 g/mol. The summed E-state index contributed by atoms with van der Waals surface area (Å²) in [7, 11) is 1.63. The number of hydrogen-bond acceptors (Lipinski definition) is 7. The largest absolute Gasteiger partial charge is 0.495 e. The van der Waals surface area contributed by atoms with Crippen LogP contribution in [0.4, 0.5) is 14.7 Å². The highest BCUT2D eigenvalue weighted by atomic mass is 19.1. The minimum absolute atomic E-state index is 0.0638. The van der Waals surface area contributed by atoms with E-state index in [1.165, 1.54) is 6.20 Å². The zero-order chi connectivity index (χ0) is 20.5. The van der Waals surface area contributed by atoms with Gasteiger partial charge in [0.25, 0.3) is 0 Å². The zero-order valence-electron chi connectivity index (χ0n) is 16.4. The maximum Gasteiger partial charge on any atom is 0.223 e. The van der Waals surface area contributed by atoms with E-state index >= 15 is 0 Å². The smallest absolute Gasteiger partial charge is 0.223 e. The average molecular weight is 413 g/mol. The van der Waals surface area contributed by atoms with E-state index in [1.54, 1.807) is 11.6 Å². The molecule has 0 amide bonds. The molecule has 4 fully saturated rings. The molecular formula is C20H21F2N7O. The van der Waals surface area contributed by atoms with Crippen molar-refractivity contribution in [1.82, 2.24) is 29.9 Å². The molecule has 3 saturated carbocycles. The van der Waals surface area contributed by atoms with Gasteiger partial charge in [0.15, 0.2) is 11.5 Å². The van der Waals surface area contributed by atoms with Crippen molar-refractivity contribution in [2.24, 2.45) is 5.92 Å². The number of nitrogens with one attached hydrogen (secondary N) is 2. The van der Waals surface area contributed by atoms with Crippen molar-refractivity contribution in [3.05, 3.63) is 30.0 Å². The van der Waals surface area contributed by atoms with Crippen molar-refractivity contribution >= 4 is 11.6 Å². The van der Waals surface area contributed by atoms with Crippen molar-refractivity contribution in [1.29, 1.82) is 0 Å². The second-order valence-electron chi connectivity index (χ2n) is 8.55. The molecule has 10 heteroatoms. The van der Waals surface area contributed by atoms with E-state index in [9.17, 15) is 8.78 Å². The molecule has 7 rings (SSSR count). The lowest BCUT2D eigenvalue weighted by Gasteiger charge is -2.61. The van der Waals surface area contributed by atoms with E-state index < -0.39 is 18.0 Å². The molecular weight excluding hydrogens is 392 g/mol. The molecule has 2 N–H and O–H groups in total. The van der Waals surface area contributed by atoms with E-state index in [0.29, 0.717) is 23.6 Å². The lowest BCUT2D eigenvalue weighted by Crippen LogP contribution is -2.56. The van der Waals surface area contributed by atoms with Gasteiger partial charge in [0.2, 0.25) is 5.95 Å². The summed E-state index contributed by atoms with van der Waals surface area (Å²) in [5, 5.41) is 10.7. The minimum atomic E-state index is -1.05.